The van der Waals surface area contributed by atoms with Crippen molar-refractivity contribution in [2.24, 2.45) is 5.84 Å². The average Bonchev–Trinajstić information content (AvgIpc) is 2.47. The first kappa shape index (κ1) is 14.2. The molecular formula is C13H22N4O2. The number of piperidine rings is 1. The lowest BCUT2D eigenvalue weighted by Gasteiger charge is -2.31. The molecule has 1 aliphatic heterocycles. The maximum absolute atomic E-state index is 8.74. The standard InChI is InChI=1S/C13H22N4O2/c14-16-13-9-11(1-4-15-13)10-17-5-2-12(3-6-17)19-8-7-18/h1,4,9,12,18H,2-3,5-8,10,14H2,(H,15,16). The zero-order chi connectivity index (χ0) is 13.5. The van der Waals surface area contributed by atoms with Crippen molar-refractivity contribution in [3.05, 3.63) is 23.9 Å². The monoisotopic (exact) mass is 266 g/mol. The molecule has 19 heavy (non-hydrogen) atoms. The van der Waals surface area contributed by atoms with E-state index in [4.69, 9.17) is 15.7 Å². The van der Waals surface area contributed by atoms with Gasteiger partial charge in [-0.15, -0.1) is 0 Å². The summed E-state index contributed by atoms with van der Waals surface area (Å²) in [6.45, 7) is 3.49. The number of aliphatic hydroxyl groups is 1. The highest BCUT2D eigenvalue weighted by molar-refractivity contribution is 5.35. The average molecular weight is 266 g/mol. The Balaban J connectivity index is 1.78. The lowest BCUT2D eigenvalue weighted by molar-refractivity contribution is -0.00901. The molecule has 0 spiro atoms. The lowest BCUT2D eigenvalue weighted by atomic mass is 10.1. The highest BCUT2D eigenvalue weighted by atomic mass is 16.5. The minimum atomic E-state index is 0.103. The first-order valence-electron chi connectivity index (χ1n) is 6.68. The summed E-state index contributed by atoms with van der Waals surface area (Å²) in [5.41, 5.74) is 3.77. The topological polar surface area (TPSA) is 83.6 Å². The molecule has 0 amide bonds. The third kappa shape index (κ3) is 4.43. The van der Waals surface area contributed by atoms with Gasteiger partial charge in [0.15, 0.2) is 0 Å². The number of nitrogens with two attached hydrogens (primary N) is 1. The highest BCUT2D eigenvalue weighted by Crippen LogP contribution is 2.16. The summed E-state index contributed by atoms with van der Waals surface area (Å²) in [6.07, 6.45) is 4.10. The number of rotatable bonds is 6. The summed E-state index contributed by atoms with van der Waals surface area (Å²) >= 11 is 0. The molecule has 1 aromatic heterocycles. The zero-order valence-electron chi connectivity index (χ0n) is 11.1. The third-order valence-corrected chi connectivity index (χ3v) is 3.36. The van der Waals surface area contributed by atoms with Crippen molar-refractivity contribution >= 4 is 5.82 Å². The van der Waals surface area contributed by atoms with Gasteiger partial charge in [0.1, 0.15) is 5.82 Å². The van der Waals surface area contributed by atoms with Crippen molar-refractivity contribution < 1.29 is 9.84 Å². The van der Waals surface area contributed by atoms with Crippen LogP contribution in [0.1, 0.15) is 18.4 Å². The van der Waals surface area contributed by atoms with Gasteiger partial charge < -0.3 is 15.3 Å². The molecule has 1 fully saturated rings. The quantitative estimate of drug-likeness (QED) is 0.509. The minimum absolute atomic E-state index is 0.103. The van der Waals surface area contributed by atoms with Crippen LogP contribution in [0.15, 0.2) is 18.3 Å². The largest absolute Gasteiger partial charge is 0.394 e. The van der Waals surface area contributed by atoms with E-state index in [-0.39, 0.29) is 6.61 Å². The van der Waals surface area contributed by atoms with E-state index in [1.54, 1.807) is 6.20 Å². The van der Waals surface area contributed by atoms with Crippen molar-refractivity contribution in [3.63, 3.8) is 0 Å². The van der Waals surface area contributed by atoms with Crippen molar-refractivity contribution in [1.82, 2.24) is 9.88 Å². The first-order chi connectivity index (χ1) is 9.31. The number of ether oxygens (including phenoxy) is 1. The van der Waals surface area contributed by atoms with E-state index in [0.29, 0.717) is 18.5 Å². The smallest absolute Gasteiger partial charge is 0.140 e. The van der Waals surface area contributed by atoms with E-state index in [2.05, 4.69) is 15.3 Å². The Morgan fingerprint density at radius 2 is 2.26 bits per heavy atom. The predicted octanol–water partition coefficient (Wildman–Crippen LogP) is 0.340. The number of hydrazine groups is 1. The van der Waals surface area contributed by atoms with Crippen LogP contribution in [-0.4, -0.2) is 47.4 Å². The van der Waals surface area contributed by atoms with Crippen LogP contribution < -0.4 is 11.3 Å². The van der Waals surface area contributed by atoms with Crippen LogP contribution in [0.4, 0.5) is 5.82 Å². The van der Waals surface area contributed by atoms with Gasteiger partial charge in [-0.1, -0.05) is 0 Å². The van der Waals surface area contributed by atoms with Gasteiger partial charge in [0.05, 0.1) is 19.3 Å². The highest BCUT2D eigenvalue weighted by Gasteiger charge is 2.19. The third-order valence-electron chi connectivity index (χ3n) is 3.36. The molecule has 106 valence electrons. The fourth-order valence-electron chi connectivity index (χ4n) is 2.36. The fraction of sp³-hybridized carbons (Fsp3) is 0.615. The lowest BCUT2D eigenvalue weighted by Crippen LogP contribution is -2.36. The number of aromatic nitrogens is 1. The number of hydrogen-bond donors (Lipinski definition) is 3. The molecule has 0 aromatic carbocycles. The van der Waals surface area contributed by atoms with E-state index in [1.165, 1.54) is 5.56 Å². The molecule has 6 heteroatoms. The molecule has 1 aromatic rings. The summed E-state index contributed by atoms with van der Waals surface area (Å²) in [4.78, 5) is 6.50. The molecule has 1 saturated heterocycles. The molecule has 0 radical (unpaired) electrons. The van der Waals surface area contributed by atoms with E-state index in [9.17, 15) is 0 Å². The molecule has 0 bridgehead atoms. The molecule has 4 N–H and O–H groups in total. The van der Waals surface area contributed by atoms with Gasteiger partial charge in [0, 0.05) is 25.8 Å². The molecule has 0 atom stereocenters. The summed E-state index contributed by atoms with van der Waals surface area (Å²) in [6, 6.07) is 3.98. The van der Waals surface area contributed by atoms with Crippen molar-refractivity contribution in [2.45, 2.75) is 25.5 Å². The summed E-state index contributed by atoms with van der Waals surface area (Å²) in [5, 5.41) is 8.74. The van der Waals surface area contributed by atoms with Crippen molar-refractivity contribution in [3.8, 4) is 0 Å². The number of aliphatic hydroxyl groups excluding tert-OH is 1. The van der Waals surface area contributed by atoms with Gasteiger partial charge in [0.25, 0.3) is 0 Å². The van der Waals surface area contributed by atoms with E-state index < -0.39 is 0 Å². The predicted molar refractivity (Wildman–Crippen MR) is 73.4 cm³/mol. The van der Waals surface area contributed by atoms with Gasteiger partial charge in [-0.3, -0.25) is 4.90 Å². The SMILES string of the molecule is NNc1cc(CN2CCC(OCCO)CC2)ccn1. The Kier molecular flexibility index (Phi) is 5.53. The van der Waals surface area contributed by atoms with Gasteiger partial charge in [0.2, 0.25) is 0 Å². The molecule has 1 aliphatic rings. The maximum Gasteiger partial charge on any atom is 0.140 e. The number of nitrogens with one attached hydrogen (secondary N) is 1. The van der Waals surface area contributed by atoms with Crippen LogP contribution >= 0.6 is 0 Å². The molecular weight excluding hydrogens is 244 g/mol. The van der Waals surface area contributed by atoms with Gasteiger partial charge in [-0.05, 0) is 30.5 Å². The number of hydrogen-bond acceptors (Lipinski definition) is 6. The normalized spacial score (nSPS) is 17.6. The number of nitrogen functional groups attached to an aromatic ring is 1. The second-order valence-corrected chi connectivity index (χ2v) is 4.76. The van der Waals surface area contributed by atoms with Crippen LogP contribution in [0, 0.1) is 0 Å². The Hall–Kier alpha value is -1.21. The second-order valence-electron chi connectivity index (χ2n) is 4.76. The Labute approximate surface area is 113 Å². The molecule has 2 rings (SSSR count). The van der Waals surface area contributed by atoms with E-state index in [1.807, 2.05) is 12.1 Å². The summed E-state index contributed by atoms with van der Waals surface area (Å²) < 4.78 is 5.55. The van der Waals surface area contributed by atoms with Crippen LogP contribution in [-0.2, 0) is 11.3 Å². The number of anilines is 1. The van der Waals surface area contributed by atoms with Crippen molar-refractivity contribution in [2.75, 3.05) is 31.7 Å². The molecule has 0 aliphatic carbocycles. The molecule has 2 heterocycles. The molecule has 6 nitrogen and oxygen atoms in total. The number of pyridine rings is 1. The Morgan fingerprint density at radius 3 is 2.95 bits per heavy atom. The first-order valence-corrected chi connectivity index (χ1v) is 6.68. The fourth-order valence-corrected chi connectivity index (χ4v) is 2.36. The Bertz CT molecular complexity index is 381. The summed E-state index contributed by atoms with van der Waals surface area (Å²) in [7, 11) is 0. The second kappa shape index (κ2) is 7.40. The molecule has 0 saturated carbocycles. The van der Waals surface area contributed by atoms with Crippen LogP contribution in [0.2, 0.25) is 0 Å². The van der Waals surface area contributed by atoms with E-state index >= 15 is 0 Å². The number of nitrogens with zero attached hydrogens (tertiary/aromatic N) is 2. The minimum Gasteiger partial charge on any atom is -0.394 e. The van der Waals surface area contributed by atoms with Gasteiger partial charge in [-0.25, -0.2) is 10.8 Å². The van der Waals surface area contributed by atoms with Crippen LogP contribution in [0.25, 0.3) is 0 Å². The Morgan fingerprint density at radius 1 is 1.47 bits per heavy atom. The van der Waals surface area contributed by atoms with Crippen LogP contribution in [0.5, 0.6) is 0 Å². The van der Waals surface area contributed by atoms with Crippen molar-refractivity contribution in [1.29, 1.82) is 0 Å². The summed E-state index contributed by atoms with van der Waals surface area (Å²) in [5.74, 6) is 6.05. The van der Waals surface area contributed by atoms with Gasteiger partial charge >= 0.3 is 0 Å². The van der Waals surface area contributed by atoms with Gasteiger partial charge in [-0.2, -0.15) is 0 Å². The van der Waals surface area contributed by atoms with E-state index in [0.717, 1.165) is 32.5 Å². The zero-order valence-corrected chi connectivity index (χ0v) is 11.1. The van der Waals surface area contributed by atoms with Crippen LogP contribution in [0.3, 0.4) is 0 Å². The molecule has 0 unspecified atom stereocenters. The maximum atomic E-state index is 8.74. The number of likely N-dealkylation sites (tertiary alicyclic amines) is 1.